The van der Waals surface area contributed by atoms with Crippen molar-refractivity contribution in [2.24, 2.45) is 0 Å². The number of benzene rings is 2. The maximum Gasteiger partial charge on any atom is 0.304 e. The Bertz CT molecular complexity index is 1410. The van der Waals surface area contributed by atoms with E-state index in [1.165, 1.54) is 37.4 Å². The highest BCUT2D eigenvalue weighted by atomic mass is 32.2. The number of carbonyl (C=O) groups excluding carboxylic acids is 2. The smallest absolute Gasteiger partial charge is 0.304 e. The average molecular weight is 617 g/mol. The van der Waals surface area contributed by atoms with Crippen molar-refractivity contribution in [1.82, 2.24) is 10.3 Å². The van der Waals surface area contributed by atoms with Crippen LogP contribution in [0.2, 0.25) is 0 Å². The van der Waals surface area contributed by atoms with Crippen molar-refractivity contribution in [3.05, 3.63) is 77.5 Å². The third kappa shape index (κ3) is 10.1. The second-order valence-electron chi connectivity index (χ2n) is 11.2. The van der Waals surface area contributed by atoms with Crippen LogP contribution in [0.1, 0.15) is 91.0 Å². The quantitative estimate of drug-likeness (QED) is 0.144. The summed E-state index contributed by atoms with van der Waals surface area (Å²) in [7, 11) is 0. The standard InChI is InChI=1S/C35H44N4O4S/c1-2-3-4-5-7-17-37-34(42)28-15-18-36-32(23-28)30-24-29(39-19-8-6-9-20-39)13-14-31(30)38-35(43)27-12-10-11-26(22-27)25-44-21-16-33(40)41/h10-15,18,22-24H,2-9,16-17,19-21,25H2,1H3,(H,37,42)(H,38,43)(H,40,41). The summed E-state index contributed by atoms with van der Waals surface area (Å²) in [5.41, 5.74) is 5.10. The third-order valence-corrected chi connectivity index (χ3v) is 8.78. The summed E-state index contributed by atoms with van der Waals surface area (Å²) in [5, 5.41) is 15.0. The van der Waals surface area contributed by atoms with Crippen LogP contribution >= 0.6 is 11.8 Å². The zero-order valence-corrected chi connectivity index (χ0v) is 26.5. The first-order valence-corrected chi connectivity index (χ1v) is 16.9. The fourth-order valence-corrected chi connectivity index (χ4v) is 6.18. The van der Waals surface area contributed by atoms with Crippen LogP contribution in [0.4, 0.5) is 11.4 Å². The lowest BCUT2D eigenvalue weighted by atomic mass is 10.0. The zero-order chi connectivity index (χ0) is 31.1. The second-order valence-corrected chi connectivity index (χ2v) is 12.3. The van der Waals surface area contributed by atoms with Gasteiger partial charge in [0, 0.05) is 59.7 Å². The number of carboxylic acid groups (broad SMARTS) is 1. The van der Waals surface area contributed by atoms with E-state index >= 15 is 0 Å². The molecule has 1 aromatic heterocycles. The van der Waals surface area contributed by atoms with Crippen LogP contribution in [0.25, 0.3) is 11.3 Å². The van der Waals surface area contributed by atoms with E-state index in [0.29, 0.717) is 40.6 Å². The number of unbranched alkanes of at least 4 members (excludes halogenated alkanes) is 4. The number of nitrogens with zero attached hydrogens (tertiary/aromatic N) is 2. The molecule has 0 radical (unpaired) electrons. The van der Waals surface area contributed by atoms with E-state index in [9.17, 15) is 14.4 Å². The molecular formula is C35H44N4O4S. The highest BCUT2D eigenvalue weighted by Crippen LogP contribution is 2.33. The van der Waals surface area contributed by atoms with E-state index in [2.05, 4.69) is 33.5 Å². The zero-order valence-electron chi connectivity index (χ0n) is 25.6. The molecule has 1 fully saturated rings. The topological polar surface area (TPSA) is 112 Å². The second kappa shape index (κ2) is 17.4. The Kier molecular flexibility index (Phi) is 13.1. The highest BCUT2D eigenvalue weighted by molar-refractivity contribution is 7.98. The van der Waals surface area contributed by atoms with E-state index in [-0.39, 0.29) is 18.2 Å². The van der Waals surface area contributed by atoms with Crippen molar-refractivity contribution in [2.75, 3.05) is 35.6 Å². The molecule has 0 aliphatic carbocycles. The van der Waals surface area contributed by atoms with E-state index in [1.54, 1.807) is 24.4 Å². The van der Waals surface area contributed by atoms with Gasteiger partial charge in [-0.25, -0.2) is 0 Å². The Morgan fingerprint density at radius 2 is 1.70 bits per heavy atom. The van der Waals surface area contributed by atoms with Crippen LogP contribution in [0, 0.1) is 0 Å². The molecule has 2 amide bonds. The lowest BCUT2D eigenvalue weighted by molar-refractivity contribution is -0.136. The molecule has 0 atom stereocenters. The van der Waals surface area contributed by atoms with Gasteiger partial charge in [0.2, 0.25) is 0 Å². The molecule has 3 aromatic rings. The van der Waals surface area contributed by atoms with Crippen LogP contribution in [-0.2, 0) is 10.5 Å². The Morgan fingerprint density at radius 3 is 2.50 bits per heavy atom. The van der Waals surface area contributed by atoms with Crippen LogP contribution in [0.15, 0.2) is 60.8 Å². The van der Waals surface area contributed by atoms with Gasteiger partial charge in [-0.1, -0.05) is 44.7 Å². The number of nitrogens with one attached hydrogen (secondary N) is 2. The molecular weight excluding hydrogens is 572 g/mol. The predicted molar refractivity (Wildman–Crippen MR) is 180 cm³/mol. The SMILES string of the molecule is CCCCCCCNC(=O)c1ccnc(-c2cc(N3CCCCC3)ccc2NC(=O)c2cccc(CSCCC(=O)O)c2)c1. The molecule has 234 valence electrons. The summed E-state index contributed by atoms with van der Waals surface area (Å²) in [6, 6.07) is 16.9. The van der Waals surface area contributed by atoms with Gasteiger partial charge >= 0.3 is 5.97 Å². The Morgan fingerprint density at radius 1 is 0.909 bits per heavy atom. The molecule has 8 nitrogen and oxygen atoms in total. The molecule has 0 spiro atoms. The first-order valence-electron chi connectivity index (χ1n) is 15.8. The molecule has 44 heavy (non-hydrogen) atoms. The third-order valence-electron chi connectivity index (χ3n) is 7.75. The molecule has 1 saturated heterocycles. The van der Waals surface area contributed by atoms with Crippen molar-refractivity contribution in [3.8, 4) is 11.3 Å². The van der Waals surface area contributed by atoms with Crippen LogP contribution in [0.5, 0.6) is 0 Å². The van der Waals surface area contributed by atoms with Gasteiger partial charge in [-0.3, -0.25) is 19.4 Å². The number of rotatable bonds is 16. The normalized spacial score (nSPS) is 13.0. The number of hydrogen-bond acceptors (Lipinski definition) is 6. The lowest BCUT2D eigenvalue weighted by Gasteiger charge is -2.29. The minimum atomic E-state index is -0.814. The highest BCUT2D eigenvalue weighted by Gasteiger charge is 2.18. The monoisotopic (exact) mass is 616 g/mol. The van der Waals surface area contributed by atoms with Crippen molar-refractivity contribution >= 4 is 40.9 Å². The maximum absolute atomic E-state index is 13.5. The van der Waals surface area contributed by atoms with Crippen LogP contribution in [0.3, 0.4) is 0 Å². The van der Waals surface area contributed by atoms with Gasteiger partial charge in [0.05, 0.1) is 17.8 Å². The van der Waals surface area contributed by atoms with Crippen molar-refractivity contribution in [3.63, 3.8) is 0 Å². The van der Waals surface area contributed by atoms with E-state index in [4.69, 9.17) is 5.11 Å². The Hall–Kier alpha value is -3.85. The fourth-order valence-electron chi connectivity index (χ4n) is 5.30. The van der Waals surface area contributed by atoms with Crippen molar-refractivity contribution in [2.45, 2.75) is 70.5 Å². The average Bonchev–Trinajstić information content (AvgIpc) is 3.05. The molecule has 2 aromatic carbocycles. The largest absolute Gasteiger partial charge is 0.481 e. The van der Waals surface area contributed by atoms with Gasteiger partial charge in [0.25, 0.3) is 11.8 Å². The Labute approximate surface area is 265 Å². The van der Waals surface area contributed by atoms with Crippen LogP contribution < -0.4 is 15.5 Å². The first-order chi connectivity index (χ1) is 21.4. The lowest BCUT2D eigenvalue weighted by Crippen LogP contribution is -2.29. The summed E-state index contributed by atoms with van der Waals surface area (Å²) >= 11 is 1.53. The molecule has 0 saturated carbocycles. The number of piperidine rings is 1. The molecule has 1 aliphatic rings. The number of aromatic nitrogens is 1. The number of anilines is 2. The molecule has 2 heterocycles. The molecule has 1 aliphatic heterocycles. The molecule has 3 N–H and O–H groups in total. The Balaban J connectivity index is 1.53. The van der Waals surface area contributed by atoms with E-state index < -0.39 is 5.97 Å². The molecule has 9 heteroatoms. The van der Waals surface area contributed by atoms with Gasteiger partial charge in [0.15, 0.2) is 0 Å². The number of hydrogen-bond donors (Lipinski definition) is 3. The number of aliphatic carboxylic acids is 1. The van der Waals surface area contributed by atoms with Gasteiger partial charge in [-0.15, -0.1) is 0 Å². The molecule has 0 bridgehead atoms. The minimum absolute atomic E-state index is 0.108. The van der Waals surface area contributed by atoms with Gasteiger partial charge < -0.3 is 20.6 Å². The van der Waals surface area contributed by atoms with E-state index in [0.717, 1.165) is 55.6 Å². The summed E-state index contributed by atoms with van der Waals surface area (Å²) in [5.74, 6) is -0.0408. The van der Waals surface area contributed by atoms with Gasteiger partial charge in [-0.2, -0.15) is 11.8 Å². The van der Waals surface area contributed by atoms with Gasteiger partial charge in [0.1, 0.15) is 0 Å². The molecule has 4 rings (SSSR count). The van der Waals surface area contributed by atoms with Gasteiger partial charge in [-0.05, 0) is 73.7 Å². The predicted octanol–water partition coefficient (Wildman–Crippen LogP) is 7.40. The number of carbonyl (C=O) groups is 3. The van der Waals surface area contributed by atoms with Crippen molar-refractivity contribution < 1.29 is 19.5 Å². The number of thioether (sulfide) groups is 1. The summed E-state index contributed by atoms with van der Waals surface area (Å²) in [6.45, 7) is 4.80. The summed E-state index contributed by atoms with van der Waals surface area (Å²) < 4.78 is 0. The van der Waals surface area contributed by atoms with Crippen molar-refractivity contribution in [1.29, 1.82) is 0 Å². The van der Waals surface area contributed by atoms with E-state index in [1.807, 2.05) is 30.3 Å². The summed E-state index contributed by atoms with van der Waals surface area (Å²) in [4.78, 5) is 44.2. The summed E-state index contributed by atoms with van der Waals surface area (Å²) in [6.07, 6.45) is 10.9. The van der Waals surface area contributed by atoms with Crippen LogP contribution in [-0.4, -0.2) is 53.3 Å². The number of carboxylic acids is 1. The number of pyridine rings is 1. The first kappa shape index (κ1) is 33.1. The molecule has 0 unspecified atom stereocenters. The minimum Gasteiger partial charge on any atom is -0.481 e. The fraction of sp³-hybridized carbons (Fsp3) is 0.429. The maximum atomic E-state index is 13.5. The number of amides is 2.